The first-order valence-corrected chi connectivity index (χ1v) is 7.88. The third-order valence-electron chi connectivity index (χ3n) is 3.25. The summed E-state index contributed by atoms with van der Waals surface area (Å²) in [5.41, 5.74) is 0.938. The first-order valence-electron chi connectivity index (χ1n) is 7.88. The van der Waals surface area contributed by atoms with Crippen molar-refractivity contribution in [2.45, 2.75) is 19.6 Å². The second-order valence-corrected chi connectivity index (χ2v) is 5.32. The van der Waals surface area contributed by atoms with Crippen molar-refractivity contribution in [3.8, 4) is 0 Å². The minimum Gasteiger partial charge on any atom is -0.345 e. The molecule has 0 fully saturated rings. The van der Waals surface area contributed by atoms with Gasteiger partial charge in [0, 0.05) is 13.1 Å². The fourth-order valence-corrected chi connectivity index (χ4v) is 1.93. The van der Waals surface area contributed by atoms with Crippen molar-refractivity contribution >= 4 is 17.8 Å². The van der Waals surface area contributed by atoms with Crippen LogP contribution in [0.1, 0.15) is 12.5 Å². The van der Waals surface area contributed by atoms with E-state index in [2.05, 4.69) is 10.6 Å². The number of hydrogen-bond donors (Lipinski definition) is 3. The van der Waals surface area contributed by atoms with Crippen molar-refractivity contribution in [1.82, 2.24) is 20.9 Å². The van der Waals surface area contributed by atoms with Crippen LogP contribution in [0, 0.1) is 0 Å². The van der Waals surface area contributed by atoms with E-state index in [1.807, 2.05) is 30.3 Å². The largest absolute Gasteiger partial charge is 0.405 e. The van der Waals surface area contributed by atoms with Crippen molar-refractivity contribution in [1.29, 1.82) is 0 Å². The number of urea groups is 1. The highest BCUT2D eigenvalue weighted by Gasteiger charge is 2.27. The summed E-state index contributed by atoms with van der Waals surface area (Å²) in [4.78, 5) is 36.3. The van der Waals surface area contributed by atoms with E-state index in [4.69, 9.17) is 0 Å². The first-order chi connectivity index (χ1) is 12.2. The normalized spacial score (nSPS) is 10.8. The average molecular weight is 374 g/mol. The Bertz CT molecular complexity index is 609. The van der Waals surface area contributed by atoms with Crippen molar-refractivity contribution < 1.29 is 27.6 Å². The third-order valence-corrected chi connectivity index (χ3v) is 3.25. The van der Waals surface area contributed by atoms with E-state index in [1.54, 1.807) is 12.2 Å². The number of nitrogens with zero attached hydrogens (tertiary/aromatic N) is 1. The van der Waals surface area contributed by atoms with Crippen molar-refractivity contribution in [3.05, 3.63) is 35.9 Å². The molecule has 4 amide bonds. The van der Waals surface area contributed by atoms with Crippen LogP contribution in [0.15, 0.2) is 30.3 Å². The van der Waals surface area contributed by atoms with Gasteiger partial charge in [0.25, 0.3) is 0 Å². The Kier molecular flexibility index (Phi) is 8.40. The number of carbonyl (C=O) groups is 3. The van der Waals surface area contributed by atoms with Gasteiger partial charge < -0.3 is 20.9 Å². The van der Waals surface area contributed by atoms with E-state index in [0.29, 0.717) is 13.1 Å². The molecule has 0 saturated carbocycles. The molecule has 0 spiro atoms. The maximum atomic E-state index is 12.1. The van der Waals surface area contributed by atoms with Crippen molar-refractivity contribution in [3.63, 3.8) is 0 Å². The summed E-state index contributed by atoms with van der Waals surface area (Å²) in [5, 5.41) is 5.96. The topological polar surface area (TPSA) is 90.5 Å². The SMILES string of the molecule is CCN(Cc1ccccc1)C(=O)CNC(=O)NCC(=O)NCC(F)(F)F. The summed E-state index contributed by atoms with van der Waals surface area (Å²) in [5.74, 6) is -1.31. The van der Waals surface area contributed by atoms with E-state index in [9.17, 15) is 27.6 Å². The van der Waals surface area contributed by atoms with Gasteiger partial charge in [-0.2, -0.15) is 13.2 Å². The number of likely N-dealkylation sites (N-methyl/N-ethyl adjacent to an activating group) is 1. The van der Waals surface area contributed by atoms with E-state index < -0.39 is 31.2 Å². The third kappa shape index (κ3) is 8.90. The summed E-state index contributed by atoms with van der Waals surface area (Å²) in [6.07, 6.45) is -4.52. The minimum absolute atomic E-state index is 0.295. The molecule has 1 aromatic carbocycles. The molecule has 7 nitrogen and oxygen atoms in total. The molecule has 0 unspecified atom stereocenters. The summed E-state index contributed by atoms with van der Waals surface area (Å²) >= 11 is 0. The van der Waals surface area contributed by atoms with Crippen LogP contribution in [-0.4, -0.2) is 55.1 Å². The molecule has 3 N–H and O–H groups in total. The van der Waals surface area contributed by atoms with Crippen LogP contribution in [0.25, 0.3) is 0 Å². The van der Waals surface area contributed by atoms with Gasteiger partial charge in [0.2, 0.25) is 11.8 Å². The maximum Gasteiger partial charge on any atom is 0.405 e. The number of carbonyl (C=O) groups excluding carboxylic acids is 3. The van der Waals surface area contributed by atoms with Gasteiger partial charge >= 0.3 is 12.2 Å². The molecule has 0 bridgehead atoms. The molecule has 26 heavy (non-hydrogen) atoms. The minimum atomic E-state index is -4.52. The Morgan fingerprint density at radius 1 is 1.00 bits per heavy atom. The zero-order valence-electron chi connectivity index (χ0n) is 14.2. The standard InChI is InChI=1S/C16H21F3N4O3/c1-2-23(10-12-6-4-3-5-7-12)14(25)9-21-15(26)20-8-13(24)22-11-16(17,18)19/h3-7H,2,8-11H2,1H3,(H,22,24)(H2,20,21,26). The molecule has 0 aliphatic rings. The molecule has 0 aliphatic heterocycles. The highest BCUT2D eigenvalue weighted by atomic mass is 19.4. The Hall–Kier alpha value is -2.78. The predicted molar refractivity (Wildman–Crippen MR) is 88.0 cm³/mol. The Labute approximate surface area is 148 Å². The van der Waals surface area contributed by atoms with Crippen LogP contribution in [0.2, 0.25) is 0 Å². The number of benzene rings is 1. The number of hydrogen-bond acceptors (Lipinski definition) is 3. The first kappa shape index (κ1) is 21.3. The zero-order valence-corrected chi connectivity index (χ0v) is 14.2. The summed E-state index contributed by atoms with van der Waals surface area (Å²) in [6, 6.07) is 8.48. The lowest BCUT2D eigenvalue weighted by Crippen LogP contribution is -2.47. The van der Waals surface area contributed by atoms with Crippen LogP contribution in [0.4, 0.5) is 18.0 Å². The van der Waals surface area contributed by atoms with Gasteiger partial charge in [0.1, 0.15) is 6.54 Å². The predicted octanol–water partition coefficient (Wildman–Crippen LogP) is 1.01. The second-order valence-electron chi connectivity index (χ2n) is 5.32. The van der Waals surface area contributed by atoms with Crippen molar-refractivity contribution in [2.75, 3.05) is 26.2 Å². The fraction of sp³-hybridized carbons (Fsp3) is 0.438. The number of rotatable bonds is 8. The molecule has 1 rings (SSSR count). The quantitative estimate of drug-likeness (QED) is 0.634. The van der Waals surface area contributed by atoms with E-state index in [0.717, 1.165) is 5.56 Å². The van der Waals surface area contributed by atoms with Gasteiger partial charge in [-0.05, 0) is 12.5 Å². The second kappa shape index (κ2) is 10.3. The molecular weight excluding hydrogens is 353 g/mol. The lowest BCUT2D eigenvalue weighted by atomic mass is 10.2. The Morgan fingerprint density at radius 3 is 2.19 bits per heavy atom. The van der Waals surface area contributed by atoms with Gasteiger partial charge in [-0.25, -0.2) is 4.79 Å². The highest BCUT2D eigenvalue weighted by molar-refractivity contribution is 5.87. The molecule has 0 aromatic heterocycles. The van der Waals surface area contributed by atoms with Gasteiger partial charge in [-0.3, -0.25) is 9.59 Å². The van der Waals surface area contributed by atoms with Crippen LogP contribution in [0.5, 0.6) is 0 Å². The molecule has 10 heteroatoms. The van der Waals surface area contributed by atoms with Gasteiger partial charge in [0.15, 0.2) is 0 Å². The maximum absolute atomic E-state index is 12.1. The fourth-order valence-electron chi connectivity index (χ4n) is 1.93. The number of alkyl halides is 3. The molecule has 0 aliphatic carbocycles. The number of nitrogens with one attached hydrogen (secondary N) is 3. The van der Waals surface area contributed by atoms with Gasteiger partial charge in [-0.15, -0.1) is 0 Å². The number of amides is 4. The van der Waals surface area contributed by atoms with Crippen LogP contribution >= 0.6 is 0 Å². The van der Waals surface area contributed by atoms with E-state index in [1.165, 1.54) is 4.90 Å². The molecular formula is C16H21F3N4O3. The summed E-state index contributed by atoms with van der Waals surface area (Å²) in [6.45, 7) is 0.231. The highest BCUT2D eigenvalue weighted by Crippen LogP contribution is 2.11. The van der Waals surface area contributed by atoms with Crippen molar-refractivity contribution in [2.24, 2.45) is 0 Å². The Balaban J connectivity index is 2.32. The monoisotopic (exact) mass is 374 g/mol. The zero-order chi connectivity index (χ0) is 19.6. The van der Waals surface area contributed by atoms with Crippen LogP contribution < -0.4 is 16.0 Å². The lowest BCUT2D eigenvalue weighted by Gasteiger charge is -2.21. The van der Waals surface area contributed by atoms with Crippen LogP contribution in [0.3, 0.4) is 0 Å². The smallest absolute Gasteiger partial charge is 0.345 e. The Morgan fingerprint density at radius 2 is 1.62 bits per heavy atom. The van der Waals surface area contributed by atoms with Crippen LogP contribution in [-0.2, 0) is 16.1 Å². The summed E-state index contributed by atoms with van der Waals surface area (Å²) < 4.78 is 35.8. The van der Waals surface area contributed by atoms with E-state index in [-0.39, 0.29) is 12.5 Å². The molecule has 144 valence electrons. The molecule has 0 heterocycles. The summed E-state index contributed by atoms with van der Waals surface area (Å²) in [7, 11) is 0. The molecule has 1 aromatic rings. The molecule has 0 radical (unpaired) electrons. The van der Waals surface area contributed by atoms with Gasteiger partial charge in [-0.1, -0.05) is 30.3 Å². The van der Waals surface area contributed by atoms with Gasteiger partial charge in [0.05, 0.1) is 13.1 Å². The molecule has 0 atom stereocenters. The van der Waals surface area contributed by atoms with E-state index >= 15 is 0 Å². The number of halogens is 3. The molecule has 0 saturated heterocycles. The average Bonchev–Trinajstić information content (AvgIpc) is 2.60. The lowest BCUT2D eigenvalue weighted by molar-refractivity contribution is -0.137.